The highest BCUT2D eigenvalue weighted by molar-refractivity contribution is 6.05. The number of pyridine rings is 1. The number of likely N-dealkylation sites (N-methyl/N-ethyl adjacent to an activating group) is 1. The Labute approximate surface area is 176 Å². The Hall–Kier alpha value is -3.19. The number of nitrogens with zero attached hydrogens (tertiary/aromatic N) is 5. The van der Waals surface area contributed by atoms with Crippen molar-refractivity contribution in [2.75, 3.05) is 43.0 Å². The van der Waals surface area contributed by atoms with Gasteiger partial charge in [0.2, 0.25) is 0 Å². The van der Waals surface area contributed by atoms with Gasteiger partial charge in [0.05, 0.1) is 6.54 Å². The van der Waals surface area contributed by atoms with Crippen molar-refractivity contribution in [2.24, 2.45) is 7.05 Å². The van der Waals surface area contributed by atoms with E-state index in [1.165, 1.54) is 12.1 Å². The van der Waals surface area contributed by atoms with Crippen LogP contribution in [-0.2, 0) is 13.6 Å². The fraction of sp³-hybridized carbons (Fsp3) is 0.304. The van der Waals surface area contributed by atoms with Crippen LogP contribution in [-0.4, -0.2) is 53.6 Å². The van der Waals surface area contributed by atoms with Crippen LogP contribution >= 0.6 is 0 Å². The van der Waals surface area contributed by atoms with E-state index in [2.05, 4.69) is 21.8 Å². The number of piperazine rings is 1. The lowest BCUT2D eigenvalue weighted by molar-refractivity contribution is 0.0977. The summed E-state index contributed by atoms with van der Waals surface area (Å²) >= 11 is 0. The molecule has 7 heteroatoms. The third kappa shape index (κ3) is 4.36. The van der Waals surface area contributed by atoms with Crippen LogP contribution in [0.3, 0.4) is 0 Å². The Bertz CT molecular complexity index is 991. The summed E-state index contributed by atoms with van der Waals surface area (Å²) in [6.45, 7) is 4.30. The molecule has 0 N–H and O–H groups in total. The maximum atomic E-state index is 13.4. The van der Waals surface area contributed by atoms with Gasteiger partial charge in [-0.2, -0.15) is 0 Å². The molecule has 30 heavy (non-hydrogen) atoms. The largest absolute Gasteiger partial charge is 0.354 e. The molecule has 0 unspecified atom stereocenters. The molecule has 1 fully saturated rings. The molecule has 3 aromatic rings. The minimum atomic E-state index is -0.330. The first kappa shape index (κ1) is 20.1. The highest BCUT2D eigenvalue weighted by atomic mass is 19.1. The molecule has 0 atom stereocenters. The van der Waals surface area contributed by atoms with Crippen LogP contribution in [0, 0.1) is 5.82 Å². The van der Waals surface area contributed by atoms with Gasteiger partial charge in [-0.15, -0.1) is 0 Å². The van der Waals surface area contributed by atoms with E-state index in [0.29, 0.717) is 17.9 Å². The van der Waals surface area contributed by atoms with E-state index in [-0.39, 0.29) is 11.7 Å². The first-order chi connectivity index (χ1) is 14.5. The summed E-state index contributed by atoms with van der Waals surface area (Å²) in [4.78, 5) is 24.1. The molecule has 1 aliphatic heterocycles. The third-order valence-corrected chi connectivity index (χ3v) is 5.52. The van der Waals surface area contributed by atoms with E-state index in [9.17, 15) is 9.18 Å². The average molecular weight is 407 g/mol. The number of amides is 1. The van der Waals surface area contributed by atoms with Gasteiger partial charge in [-0.1, -0.05) is 6.07 Å². The molecule has 1 saturated heterocycles. The first-order valence-corrected chi connectivity index (χ1v) is 10.1. The van der Waals surface area contributed by atoms with E-state index in [1.807, 2.05) is 37.6 Å². The van der Waals surface area contributed by atoms with Crippen molar-refractivity contribution < 1.29 is 9.18 Å². The van der Waals surface area contributed by atoms with E-state index >= 15 is 0 Å². The lowest BCUT2D eigenvalue weighted by Gasteiger charge is -2.33. The van der Waals surface area contributed by atoms with E-state index in [4.69, 9.17) is 0 Å². The van der Waals surface area contributed by atoms with Crippen molar-refractivity contribution in [1.82, 2.24) is 14.5 Å². The van der Waals surface area contributed by atoms with Gasteiger partial charge in [-0.25, -0.2) is 9.37 Å². The van der Waals surface area contributed by atoms with Crippen LogP contribution in [0.25, 0.3) is 0 Å². The van der Waals surface area contributed by atoms with Crippen molar-refractivity contribution in [1.29, 1.82) is 0 Å². The van der Waals surface area contributed by atoms with Gasteiger partial charge >= 0.3 is 0 Å². The molecular formula is C23H26FN5O. The lowest BCUT2D eigenvalue weighted by Crippen LogP contribution is -2.44. The fourth-order valence-corrected chi connectivity index (χ4v) is 3.64. The zero-order chi connectivity index (χ0) is 21.1. The highest BCUT2D eigenvalue weighted by Gasteiger charge is 2.21. The predicted molar refractivity (Wildman–Crippen MR) is 116 cm³/mol. The molecule has 2 aromatic heterocycles. The predicted octanol–water partition coefficient (Wildman–Crippen LogP) is 3.16. The summed E-state index contributed by atoms with van der Waals surface area (Å²) in [5.41, 5.74) is 2.13. The zero-order valence-corrected chi connectivity index (χ0v) is 17.3. The Balaban J connectivity index is 1.56. The van der Waals surface area contributed by atoms with Crippen LogP contribution < -0.4 is 9.80 Å². The minimum Gasteiger partial charge on any atom is -0.354 e. The van der Waals surface area contributed by atoms with Gasteiger partial charge in [0.15, 0.2) is 0 Å². The van der Waals surface area contributed by atoms with Crippen molar-refractivity contribution in [2.45, 2.75) is 6.54 Å². The summed E-state index contributed by atoms with van der Waals surface area (Å²) in [5.74, 6) is 0.481. The van der Waals surface area contributed by atoms with Gasteiger partial charge in [0.1, 0.15) is 17.3 Å². The number of halogens is 1. The first-order valence-electron chi connectivity index (χ1n) is 10.1. The molecule has 0 radical (unpaired) electrons. The number of aromatic nitrogens is 2. The number of carbonyl (C=O) groups is 1. The summed E-state index contributed by atoms with van der Waals surface area (Å²) < 4.78 is 15.2. The van der Waals surface area contributed by atoms with Gasteiger partial charge in [0.25, 0.3) is 5.91 Å². The molecule has 156 valence electrons. The molecule has 3 heterocycles. The number of aryl methyl sites for hydroxylation is 1. The van der Waals surface area contributed by atoms with E-state index in [1.54, 1.807) is 27.7 Å². The van der Waals surface area contributed by atoms with Crippen LogP contribution in [0.1, 0.15) is 16.1 Å². The van der Waals surface area contributed by atoms with Crippen molar-refractivity contribution in [3.05, 3.63) is 78.0 Å². The normalized spacial score (nSPS) is 14.7. The second-order valence-electron chi connectivity index (χ2n) is 7.69. The molecule has 0 saturated carbocycles. The molecule has 1 aromatic carbocycles. The van der Waals surface area contributed by atoms with Crippen LogP contribution in [0.15, 0.2) is 60.9 Å². The van der Waals surface area contributed by atoms with Crippen LogP contribution in [0.4, 0.5) is 15.9 Å². The Kier molecular flexibility index (Phi) is 5.81. The van der Waals surface area contributed by atoms with Gasteiger partial charge in [0, 0.05) is 51.3 Å². The topological polar surface area (TPSA) is 44.6 Å². The Morgan fingerprint density at radius 2 is 1.77 bits per heavy atom. The minimum absolute atomic E-state index is 0.141. The summed E-state index contributed by atoms with van der Waals surface area (Å²) in [5, 5.41) is 0. The second-order valence-corrected chi connectivity index (χ2v) is 7.69. The quantitative estimate of drug-likeness (QED) is 0.652. The highest BCUT2D eigenvalue weighted by Crippen LogP contribution is 2.22. The number of benzene rings is 1. The summed E-state index contributed by atoms with van der Waals surface area (Å²) in [6, 6.07) is 13.6. The van der Waals surface area contributed by atoms with E-state index in [0.717, 1.165) is 37.6 Å². The van der Waals surface area contributed by atoms with E-state index < -0.39 is 0 Å². The number of carbonyl (C=O) groups excluding carboxylic acids is 1. The molecule has 4 rings (SSSR count). The van der Waals surface area contributed by atoms with Crippen LogP contribution in [0.2, 0.25) is 0 Å². The fourth-order valence-electron chi connectivity index (χ4n) is 3.64. The molecule has 6 nitrogen and oxygen atoms in total. The molecule has 1 amide bonds. The SMILES string of the molecule is CN1CCN(c2ccc(CN(C(=O)c3cccn3C)c3ccc(F)cc3)cn2)CC1. The molecule has 1 aliphatic rings. The van der Waals surface area contributed by atoms with Crippen molar-refractivity contribution in [3.63, 3.8) is 0 Å². The number of rotatable bonds is 5. The average Bonchev–Trinajstić information content (AvgIpc) is 3.19. The Morgan fingerprint density at radius 1 is 1.03 bits per heavy atom. The van der Waals surface area contributed by atoms with Crippen molar-refractivity contribution in [3.8, 4) is 0 Å². The summed E-state index contributed by atoms with van der Waals surface area (Å²) in [7, 11) is 3.96. The summed E-state index contributed by atoms with van der Waals surface area (Å²) in [6.07, 6.45) is 3.66. The maximum absolute atomic E-state index is 13.4. The lowest BCUT2D eigenvalue weighted by atomic mass is 10.2. The maximum Gasteiger partial charge on any atom is 0.275 e. The van der Waals surface area contributed by atoms with Gasteiger partial charge in [-0.05, 0) is 55.1 Å². The monoisotopic (exact) mass is 407 g/mol. The molecule has 0 aliphatic carbocycles. The zero-order valence-electron chi connectivity index (χ0n) is 17.3. The number of anilines is 2. The Morgan fingerprint density at radius 3 is 2.37 bits per heavy atom. The van der Waals surface area contributed by atoms with Gasteiger partial charge in [-0.3, -0.25) is 4.79 Å². The molecular weight excluding hydrogens is 381 g/mol. The molecule has 0 spiro atoms. The van der Waals surface area contributed by atoms with Crippen molar-refractivity contribution >= 4 is 17.4 Å². The smallest absolute Gasteiger partial charge is 0.275 e. The second kappa shape index (κ2) is 8.67. The van der Waals surface area contributed by atoms with Gasteiger partial charge < -0.3 is 19.3 Å². The third-order valence-electron chi connectivity index (χ3n) is 5.52. The number of hydrogen-bond donors (Lipinski definition) is 0. The standard InChI is InChI=1S/C23H26FN5O/c1-26-12-14-28(15-13-26)22-10-5-18(16-25-22)17-29(20-8-6-19(24)7-9-20)23(30)21-4-3-11-27(21)2/h3-11,16H,12-15,17H2,1-2H3. The molecule has 0 bridgehead atoms. The van der Waals surface area contributed by atoms with Crippen LogP contribution in [0.5, 0.6) is 0 Å². The number of hydrogen-bond acceptors (Lipinski definition) is 4.